The van der Waals surface area contributed by atoms with Gasteiger partial charge in [0, 0.05) is 80.6 Å². The van der Waals surface area contributed by atoms with Crippen molar-refractivity contribution in [1.82, 2.24) is 19.8 Å². The van der Waals surface area contributed by atoms with Crippen LogP contribution >= 0.6 is 0 Å². The van der Waals surface area contributed by atoms with E-state index in [1.807, 2.05) is 0 Å². The quantitative estimate of drug-likeness (QED) is 0.261. The standard InChI is InChI=1S/C30H31FN6/c1-34-9-13-36(14-10-34)21-4-6-23-25(18-21)26-19-22(37-15-11-35(2)12-16-37)5-7-24(26)30-29(23)32-27-8-3-20(31)17-28(27)33-30/h3-8,17-19H,9-16H2,1-2H3. The van der Waals surface area contributed by atoms with Gasteiger partial charge in [0.1, 0.15) is 5.82 Å². The van der Waals surface area contributed by atoms with Crippen LogP contribution in [0.25, 0.3) is 43.6 Å². The first-order valence-corrected chi connectivity index (χ1v) is 13.2. The maximum absolute atomic E-state index is 14.1. The molecule has 2 aliphatic rings. The Balaban J connectivity index is 1.48. The van der Waals surface area contributed by atoms with Gasteiger partial charge in [0.05, 0.1) is 22.1 Å². The zero-order chi connectivity index (χ0) is 25.1. The molecule has 0 N–H and O–H groups in total. The van der Waals surface area contributed by atoms with Crippen molar-refractivity contribution in [3.8, 4) is 0 Å². The first-order valence-electron chi connectivity index (χ1n) is 13.2. The Hall–Kier alpha value is -3.55. The second kappa shape index (κ2) is 8.78. The van der Waals surface area contributed by atoms with Gasteiger partial charge in [0.25, 0.3) is 0 Å². The zero-order valence-corrected chi connectivity index (χ0v) is 21.4. The van der Waals surface area contributed by atoms with Crippen LogP contribution in [0, 0.1) is 5.82 Å². The predicted molar refractivity (Wildman–Crippen MR) is 151 cm³/mol. The van der Waals surface area contributed by atoms with E-state index in [4.69, 9.17) is 9.97 Å². The molecule has 7 heteroatoms. The second-order valence-corrected chi connectivity index (χ2v) is 10.6. The number of aromatic nitrogens is 2. The lowest BCUT2D eigenvalue weighted by Crippen LogP contribution is -2.44. The fourth-order valence-electron chi connectivity index (χ4n) is 5.85. The number of nitrogens with zero attached hydrogens (tertiary/aromatic N) is 6. The Morgan fingerprint density at radius 1 is 0.541 bits per heavy atom. The van der Waals surface area contributed by atoms with Crippen molar-refractivity contribution < 1.29 is 4.39 Å². The maximum Gasteiger partial charge on any atom is 0.125 e. The summed E-state index contributed by atoms with van der Waals surface area (Å²) >= 11 is 0. The van der Waals surface area contributed by atoms with Crippen molar-refractivity contribution in [2.75, 3.05) is 76.3 Å². The largest absolute Gasteiger partial charge is 0.369 e. The molecule has 0 atom stereocenters. The van der Waals surface area contributed by atoms with Gasteiger partial charge < -0.3 is 19.6 Å². The number of hydrogen-bond donors (Lipinski definition) is 0. The Morgan fingerprint density at radius 3 is 1.54 bits per heavy atom. The van der Waals surface area contributed by atoms with Crippen LogP contribution in [-0.4, -0.2) is 86.2 Å². The normalized spacial score (nSPS) is 18.0. The van der Waals surface area contributed by atoms with Gasteiger partial charge in [0.2, 0.25) is 0 Å². The van der Waals surface area contributed by atoms with Crippen LogP contribution in [0.2, 0.25) is 0 Å². The van der Waals surface area contributed by atoms with Crippen molar-refractivity contribution in [2.24, 2.45) is 0 Å². The van der Waals surface area contributed by atoms with Crippen LogP contribution in [0.15, 0.2) is 54.6 Å². The van der Waals surface area contributed by atoms with Gasteiger partial charge in [-0.25, -0.2) is 14.4 Å². The minimum atomic E-state index is -0.291. The van der Waals surface area contributed by atoms with Gasteiger partial charge in [-0.3, -0.25) is 0 Å². The SMILES string of the molecule is CN1CCN(c2ccc3c(c2)c2cc(N4CCN(C)CC4)ccc2c2nc4cc(F)ccc4nc32)CC1. The van der Waals surface area contributed by atoms with Crippen LogP contribution < -0.4 is 9.80 Å². The summed E-state index contributed by atoms with van der Waals surface area (Å²) < 4.78 is 14.1. The Morgan fingerprint density at radius 2 is 1.03 bits per heavy atom. The minimum absolute atomic E-state index is 0.291. The molecule has 4 aromatic carbocycles. The maximum atomic E-state index is 14.1. The monoisotopic (exact) mass is 494 g/mol. The van der Waals surface area contributed by atoms with Crippen molar-refractivity contribution in [1.29, 1.82) is 0 Å². The van der Waals surface area contributed by atoms with Crippen molar-refractivity contribution in [3.05, 3.63) is 60.4 Å². The molecule has 3 heterocycles. The number of anilines is 2. The fourth-order valence-corrected chi connectivity index (χ4v) is 5.85. The van der Waals surface area contributed by atoms with Gasteiger partial charge in [-0.05, 0) is 61.3 Å². The van der Waals surface area contributed by atoms with E-state index in [0.717, 1.165) is 74.2 Å². The van der Waals surface area contributed by atoms with E-state index in [1.165, 1.54) is 34.3 Å². The lowest BCUT2D eigenvalue weighted by molar-refractivity contribution is 0.313. The third-order valence-corrected chi connectivity index (χ3v) is 8.17. The molecule has 0 amide bonds. The number of hydrogen-bond acceptors (Lipinski definition) is 6. The highest BCUT2D eigenvalue weighted by Crippen LogP contribution is 2.38. The molecule has 0 bridgehead atoms. The highest BCUT2D eigenvalue weighted by atomic mass is 19.1. The van der Waals surface area contributed by atoms with E-state index in [9.17, 15) is 4.39 Å². The molecule has 2 aliphatic heterocycles. The molecule has 0 radical (unpaired) electrons. The zero-order valence-electron chi connectivity index (χ0n) is 21.4. The summed E-state index contributed by atoms with van der Waals surface area (Å²) in [6.45, 7) is 8.34. The number of fused-ring (bicyclic) bond motifs is 7. The molecule has 0 spiro atoms. The van der Waals surface area contributed by atoms with Crippen molar-refractivity contribution in [2.45, 2.75) is 0 Å². The molecule has 0 unspecified atom stereocenters. The smallest absolute Gasteiger partial charge is 0.125 e. The number of likely N-dealkylation sites (N-methyl/N-ethyl adjacent to an activating group) is 2. The molecule has 2 fully saturated rings. The summed E-state index contributed by atoms with van der Waals surface area (Å²) in [5.41, 5.74) is 5.50. The molecular formula is C30H31FN6. The lowest BCUT2D eigenvalue weighted by atomic mass is 9.97. The molecule has 5 aromatic rings. The number of rotatable bonds is 2. The Kier molecular flexibility index (Phi) is 5.37. The molecule has 0 saturated carbocycles. The summed E-state index contributed by atoms with van der Waals surface area (Å²) in [4.78, 5) is 19.7. The number of benzene rings is 4. The van der Waals surface area contributed by atoms with E-state index < -0.39 is 0 Å². The average molecular weight is 495 g/mol. The lowest BCUT2D eigenvalue weighted by Gasteiger charge is -2.34. The van der Waals surface area contributed by atoms with Crippen molar-refractivity contribution in [3.63, 3.8) is 0 Å². The van der Waals surface area contributed by atoms with Gasteiger partial charge in [-0.1, -0.05) is 12.1 Å². The molecule has 1 aromatic heterocycles. The fraction of sp³-hybridized carbons (Fsp3) is 0.333. The topological polar surface area (TPSA) is 38.7 Å². The first-order chi connectivity index (χ1) is 18.0. The second-order valence-electron chi connectivity index (χ2n) is 10.6. The third-order valence-electron chi connectivity index (χ3n) is 8.17. The highest BCUT2D eigenvalue weighted by molar-refractivity contribution is 6.24. The van der Waals surface area contributed by atoms with E-state index in [1.54, 1.807) is 6.07 Å². The van der Waals surface area contributed by atoms with Crippen LogP contribution in [0.5, 0.6) is 0 Å². The van der Waals surface area contributed by atoms with E-state index in [0.29, 0.717) is 11.0 Å². The summed E-state index contributed by atoms with van der Waals surface area (Å²) in [7, 11) is 4.37. The highest BCUT2D eigenvalue weighted by Gasteiger charge is 2.20. The minimum Gasteiger partial charge on any atom is -0.369 e. The summed E-state index contributed by atoms with van der Waals surface area (Å²) in [5.74, 6) is -0.291. The average Bonchev–Trinajstić information content (AvgIpc) is 2.92. The molecule has 37 heavy (non-hydrogen) atoms. The van der Waals surface area contributed by atoms with Crippen molar-refractivity contribution >= 4 is 55.0 Å². The van der Waals surface area contributed by atoms with E-state index in [-0.39, 0.29) is 5.82 Å². The van der Waals surface area contributed by atoms with Gasteiger partial charge >= 0.3 is 0 Å². The van der Waals surface area contributed by atoms with Gasteiger partial charge in [0.15, 0.2) is 0 Å². The van der Waals surface area contributed by atoms with E-state index >= 15 is 0 Å². The molecule has 188 valence electrons. The third kappa shape index (κ3) is 3.93. The van der Waals surface area contributed by atoms with Crippen LogP contribution in [0.4, 0.5) is 15.8 Å². The molecule has 6 nitrogen and oxygen atoms in total. The predicted octanol–water partition coefficient (Wildman–Crippen LogP) is 4.73. The summed E-state index contributed by atoms with van der Waals surface area (Å²) in [5, 5.41) is 4.54. The Bertz CT molecular complexity index is 1650. The van der Waals surface area contributed by atoms with Gasteiger partial charge in [-0.15, -0.1) is 0 Å². The van der Waals surface area contributed by atoms with Crippen LogP contribution in [0.1, 0.15) is 0 Å². The number of halogens is 1. The summed E-state index contributed by atoms with van der Waals surface area (Å²) in [6, 6.07) is 18.2. The molecular weight excluding hydrogens is 463 g/mol. The van der Waals surface area contributed by atoms with E-state index in [2.05, 4.69) is 70.1 Å². The molecule has 0 aliphatic carbocycles. The van der Waals surface area contributed by atoms with Gasteiger partial charge in [-0.2, -0.15) is 0 Å². The number of piperazine rings is 2. The van der Waals surface area contributed by atoms with Crippen LogP contribution in [0.3, 0.4) is 0 Å². The molecule has 7 rings (SSSR count). The Labute approximate surface area is 215 Å². The van der Waals surface area contributed by atoms with Crippen LogP contribution in [-0.2, 0) is 0 Å². The molecule has 2 saturated heterocycles. The summed E-state index contributed by atoms with van der Waals surface area (Å²) in [6.07, 6.45) is 0. The first kappa shape index (κ1) is 22.6.